The number of anilines is 1. The number of benzene rings is 2. The van der Waals surface area contributed by atoms with Crippen LogP contribution in [0, 0.1) is 0 Å². The summed E-state index contributed by atoms with van der Waals surface area (Å²) in [5, 5.41) is 7.64. The highest BCUT2D eigenvalue weighted by Gasteiger charge is 2.08. The third-order valence-corrected chi connectivity index (χ3v) is 3.99. The summed E-state index contributed by atoms with van der Waals surface area (Å²) in [6.45, 7) is 0.505. The van der Waals surface area contributed by atoms with Gasteiger partial charge in [0.05, 0.1) is 12.2 Å². The Kier molecular flexibility index (Phi) is 4.91. The Morgan fingerprint density at radius 2 is 1.74 bits per heavy atom. The maximum atomic E-state index is 12.0. The van der Waals surface area contributed by atoms with Crippen molar-refractivity contribution >= 4 is 23.1 Å². The maximum absolute atomic E-state index is 12.0. The molecule has 116 valence electrons. The lowest BCUT2D eigenvalue weighted by atomic mass is 10.3. The van der Waals surface area contributed by atoms with Gasteiger partial charge in [-0.2, -0.15) is 0 Å². The van der Waals surface area contributed by atoms with Gasteiger partial charge in [0.2, 0.25) is 0 Å². The molecule has 23 heavy (non-hydrogen) atoms. The molecule has 1 heterocycles. The van der Waals surface area contributed by atoms with Crippen molar-refractivity contribution in [1.29, 1.82) is 0 Å². The summed E-state index contributed by atoms with van der Waals surface area (Å²) in [6.07, 6.45) is 0. The first-order valence-electron chi connectivity index (χ1n) is 7.20. The van der Waals surface area contributed by atoms with Gasteiger partial charge in [-0.3, -0.25) is 0 Å². The van der Waals surface area contributed by atoms with E-state index >= 15 is 0 Å². The topological polar surface area (TPSA) is 50.4 Å². The number of amides is 2. The van der Waals surface area contributed by atoms with Crippen LogP contribution in [0.3, 0.4) is 0 Å². The molecule has 5 heteroatoms. The predicted molar refractivity (Wildman–Crippen MR) is 93.1 cm³/mol. The minimum atomic E-state index is -0.262. The second-order valence-electron chi connectivity index (χ2n) is 4.80. The molecular weight excluding hydrogens is 308 g/mol. The van der Waals surface area contributed by atoms with Crippen molar-refractivity contribution in [3.8, 4) is 11.5 Å². The number of hydrogen-bond donors (Lipinski definition) is 2. The highest BCUT2D eigenvalue weighted by molar-refractivity contribution is 7.09. The summed E-state index contributed by atoms with van der Waals surface area (Å²) in [5.41, 5.74) is 0.625. The monoisotopic (exact) mass is 324 g/mol. The van der Waals surface area contributed by atoms with Gasteiger partial charge in [0.15, 0.2) is 5.75 Å². The van der Waals surface area contributed by atoms with E-state index in [4.69, 9.17) is 4.74 Å². The van der Waals surface area contributed by atoms with E-state index < -0.39 is 0 Å². The van der Waals surface area contributed by atoms with Crippen LogP contribution in [0.15, 0.2) is 72.1 Å². The maximum Gasteiger partial charge on any atom is 0.319 e. The van der Waals surface area contributed by atoms with Crippen LogP contribution in [0.2, 0.25) is 0 Å². The van der Waals surface area contributed by atoms with Gasteiger partial charge in [-0.1, -0.05) is 36.4 Å². The fourth-order valence-corrected chi connectivity index (χ4v) is 2.67. The molecule has 0 unspecified atom stereocenters. The van der Waals surface area contributed by atoms with Gasteiger partial charge in [-0.25, -0.2) is 4.79 Å². The van der Waals surface area contributed by atoms with Crippen molar-refractivity contribution in [2.75, 3.05) is 5.32 Å². The van der Waals surface area contributed by atoms with E-state index in [0.717, 1.165) is 10.6 Å². The third kappa shape index (κ3) is 4.34. The highest BCUT2D eigenvalue weighted by Crippen LogP contribution is 2.28. The molecule has 0 aliphatic heterocycles. The number of para-hydroxylation sites is 3. The Labute approximate surface area is 138 Å². The summed E-state index contributed by atoms with van der Waals surface area (Å²) >= 11 is 1.61. The normalized spacial score (nSPS) is 10.1. The number of carbonyl (C=O) groups excluding carboxylic acids is 1. The fourth-order valence-electron chi connectivity index (χ4n) is 2.02. The molecule has 0 bridgehead atoms. The summed E-state index contributed by atoms with van der Waals surface area (Å²) in [5.74, 6) is 1.32. The molecule has 0 spiro atoms. The van der Waals surface area contributed by atoms with Crippen molar-refractivity contribution in [2.45, 2.75) is 6.54 Å². The van der Waals surface area contributed by atoms with E-state index in [0.29, 0.717) is 18.0 Å². The van der Waals surface area contributed by atoms with Gasteiger partial charge >= 0.3 is 6.03 Å². The van der Waals surface area contributed by atoms with Crippen LogP contribution in [0.4, 0.5) is 10.5 Å². The molecule has 0 saturated carbocycles. The Morgan fingerprint density at radius 3 is 2.52 bits per heavy atom. The van der Waals surface area contributed by atoms with E-state index in [1.165, 1.54) is 0 Å². The Bertz CT molecular complexity index is 758. The molecule has 3 aromatic rings. The van der Waals surface area contributed by atoms with E-state index in [1.807, 2.05) is 72.1 Å². The molecule has 1 aromatic heterocycles. The minimum absolute atomic E-state index is 0.262. The van der Waals surface area contributed by atoms with Crippen LogP contribution in [-0.4, -0.2) is 6.03 Å². The molecule has 2 aromatic carbocycles. The summed E-state index contributed by atoms with van der Waals surface area (Å²) in [7, 11) is 0. The number of carbonyl (C=O) groups is 1. The molecule has 2 amide bonds. The van der Waals surface area contributed by atoms with Crippen molar-refractivity contribution in [3.05, 3.63) is 77.0 Å². The van der Waals surface area contributed by atoms with Crippen LogP contribution in [0.5, 0.6) is 11.5 Å². The molecule has 2 N–H and O–H groups in total. The first-order chi connectivity index (χ1) is 11.3. The second-order valence-corrected chi connectivity index (χ2v) is 5.83. The lowest BCUT2D eigenvalue weighted by Crippen LogP contribution is -2.27. The van der Waals surface area contributed by atoms with E-state index in [1.54, 1.807) is 11.3 Å². The van der Waals surface area contributed by atoms with Gasteiger partial charge in [-0.05, 0) is 35.7 Å². The Hall–Kier alpha value is -2.79. The first-order valence-corrected chi connectivity index (χ1v) is 8.08. The number of thiophene rings is 1. The van der Waals surface area contributed by atoms with Crippen LogP contribution in [-0.2, 0) is 6.54 Å². The lowest BCUT2D eigenvalue weighted by Gasteiger charge is -2.12. The molecule has 0 atom stereocenters. The molecular formula is C18H16N2O2S. The smallest absolute Gasteiger partial charge is 0.319 e. The van der Waals surface area contributed by atoms with Crippen molar-refractivity contribution in [3.63, 3.8) is 0 Å². The zero-order valence-electron chi connectivity index (χ0n) is 12.4. The zero-order valence-corrected chi connectivity index (χ0v) is 13.2. The molecule has 0 radical (unpaired) electrons. The van der Waals surface area contributed by atoms with Gasteiger partial charge in [0.1, 0.15) is 5.75 Å². The second kappa shape index (κ2) is 7.47. The fraction of sp³-hybridized carbons (Fsp3) is 0.0556. The van der Waals surface area contributed by atoms with E-state index in [2.05, 4.69) is 10.6 Å². The van der Waals surface area contributed by atoms with Crippen molar-refractivity contribution in [1.82, 2.24) is 5.32 Å². The molecule has 0 fully saturated rings. The number of ether oxygens (including phenoxy) is 1. The van der Waals surface area contributed by atoms with Crippen LogP contribution in [0.25, 0.3) is 0 Å². The average Bonchev–Trinajstić information content (AvgIpc) is 3.09. The zero-order chi connectivity index (χ0) is 15.9. The standard InChI is InChI=1S/C18H16N2O2S/c21-18(19-13-15-9-6-12-23-15)20-16-10-4-5-11-17(16)22-14-7-2-1-3-8-14/h1-12H,13H2,(H2,19,20,21). The highest BCUT2D eigenvalue weighted by atomic mass is 32.1. The SMILES string of the molecule is O=C(NCc1cccs1)Nc1ccccc1Oc1ccccc1. The third-order valence-electron chi connectivity index (χ3n) is 3.11. The largest absolute Gasteiger partial charge is 0.455 e. The quantitative estimate of drug-likeness (QED) is 0.704. The van der Waals surface area contributed by atoms with E-state index in [-0.39, 0.29) is 6.03 Å². The molecule has 4 nitrogen and oxygen atoms in total. The number of hydrogen-bond acceptors (Lipinski definition) is 3. The molecule has 0 saturated heterocycles. The summed E-state index contributed by atoms with van der Waals surface area (Å²) in [4.78, 5) is 13.1. The van der Waals surface area contributed by atoms with Crippen LogP contribution >= 0.6 is 11.3 Å². The van der Waals surface area contributed by atoms with Gasteiger partial charge in [0.25, 0.3) is 0 Å². The first kappa shape index (κ1) is 15.1. The number of nitrogens with one attached hydrogen (secondary N) is 2. The molecule has 3 rings (SSSR count). The average molecular weight is 324 g/mol. The van der Waals surface area contributed by atoms with Crippen LogP contribution < -0.4 is 15.4 Å². The number of urea groups is 1. The lowest BCUT2D eigenvalue weighted by molar-refractivity contribution is 0.251. The van der Waals surface area contributed by atoms with Crippen molar-refractivity contribution in [2.24, 2.45) is 0 Å². The summed E-state index contributed by atoms with van der Waals surface area (Å²) in [6, 6.07) is 20.5. The number of rotatable bonds is 5. The Morgan fingerprint density at radius 1 is 0.957 bits per heavy atom. The van der Waals surface area contributed by atoms with Crippen LogP contribution in [0.1, 0.15) is 4.88 Å². The molecule has 0 aliphatic carbocycles. The van der Waals surface area contributed by atoms with Crippen molar-refractivity contribution < 1.29 is 9.53 Å². The van der Waals surface area contributed by atoms with Gasteiger partial charge < -0.3 is 15.4 Å². The van der Waals surface area contributed by atoms with Gasteiger partial charge in [-0.15, -0.1) is 11.3 Å². The van der Waals surface area contributed by atoms with E-state index in [9.17, 15) is 4.79 Å². The molecule has 0 aliphatic rings. The van der Waals surface area contributed by atoms with Gasteiger partial charge in [0, 0.05) is 4.88 Å². The Balaban J connectivity index is 1.64. The summed E-state index contributed by atoms with van der Waals surface area (Å²) < 4.78 is 5.82. The minimum Gasteiger partial charge on any atom is -0.455 e. The predicted octanol–water partition coefficient (Wildman–Crippen LogP) is 4.86.